The predicted octanol–water partition coefficient (Wildman–Crippen LogP) is 9.01. The minimum Gasteiger partial charge on any atom is -0.493 e. The van der Waals surface area contributed by atoms with Gasteiger partial charge in [0.25, 0.3) is 0 Å². The second-order valence-electron chi connectivity index (χ2n) is 9.01. The average Bonchev–Trinajstić information content (AvgIpc) is 2.73. The van der Waals surface area contributed by atoms with E-state index in [-0.39, 0.29) is 0 Å². The Morgan fingerprint density at radius 3 is 1.87 bits per heavy atom. The molecule has 1 aromatic rings. The monoisotopic (exact) mass is 428 g/mol. The number of ether oxygens (including phenoxy) is 2. The van der Waals surface area contributed by atoms with Gasteiger partial charge in [-0.05, 0) is 83.4 Å². The van der Waals surface area contributed by atoms with E-state index in [4.69, 9.17) is 9.47 Å². The van der Waals surface area contributed by atoms with Gasteiger partial charge in [-0.2, -0.15) is 0 Å². The molecule has 1 rings (SSSR count). The van der Waals surface area contributed by atoms with Crippen LogP contribution in [-0.2, 0) is 12.8 Å². The van der Waals surface area contributed by atoms with Gasteiger partial charge in [-0.1, -0.05) is 69.8 Å². The summed E-state index contributed by atoms with van der Waals surface area (Å²) in [5.74, 6) is 2.06. The molecule has 0 bridgehead atoms. The molecule has 2 nitrogen and oxygen atoms in total. The zero-order valence-corrected chi connectivity index (χ0v) is 21.3. The largest absolute Gasteiger partial charge is 0.493 e. The first-order chi connectivity index (χ1) is 15.0. The third-order valence-electron chi connectivity index (χ3n) is 5.55. The summed E-state index contributed by atoms with van der Waals surface area (Å²) in [6.45, 7) is 14.8. The molecule has 0 aliphatic heterocycles. The lowest BCUT2D eigenvalue weighted by molar-refractivity contribution is 0.289. The molecular weight excluding hydrogens is 380 g/mol. The van der Waals surface area contributed by atoms with E-state index in [1.54, 1.807) is 0 Å². The van der Waals surface area contributed by atoms with Crippen LogP contribution in [0, 0.1) is 0 Å². The number of allylic oxidation sites excluding steroid dienone is 4. The van der Waals surface area contributed by atoms with Gasteiger partial charge in [-0.3, -0.25) is 0 Å². The van der Waals surface area contributed by atoms with E-state index in [0.29, 0.717) is 0 Å². The molecule has 0 aliphatic rings. The van der Waals surface area contributed by atoms with Crippen molar-refractivity contribution in [3.63, 3.8) is 0 Å². The molecule has 0 saturated carbocycles. The minimum absolute atomic E-state index is 0.777. The van der Waals surface area contributed by atoms with Gasteiger partial charge in [0, 0.05) is 5.56 Å². The summed E-state index contributed by atoms with van der Waals surface area (Å²) < 4.78 is 12.6. The Labute approximate surface area is 193 Å². The van der Waals surface area contributed by atoms with E-state index in [9.17, 15) is 0 Å². The van der Waals surface area contributed by atoms with Crippen molar-refractivity contribution in [2.24, 2.45) is 0 Å². The first-order valence-corrected chi connectivity index (χ1v) is 12.7. The molecule has 1 aromatic carbocycles. The highest BCUT2D eigenvalue weighted by atomic mass is 16.5. The van der Waals surface area contributed by atoms with Crippen LogP contribution in [0.4, 0.5) is 0 Å². The quantitative estimate of drug-likeness (QED) is 0.182. The standard InChI is InChI=1S/C29H48O2/c1-7-10-13-17-26-22-28(30-20-11-8-2)27(29(23-26)31-21-12-9-3)19-18-25(6)16-14-15-24(4)5/h15,18,22-23H,7-14,16-17,19-21H2,1-6H3/b25-18+. The average molecular weight is 429 g/mol. The van der Waals surface area contributed by atoms with Gasteiger partial charge in [0.2, 0.25) is 0 Å². The lowest BCUT2D eigenvalue weighted by atomic mass is 10.00. The topological polar surface area (TPSA) is 18.5 Å². The van der Waals surface area contributed by atoms with Gasteiger partial charge in [-0.15, -0.1) is 0 Å². The number of benzene rings is 1. The van der Waals surface area contributed by atoms with Crippen molar-refractivity contribution in [2.45, 2.75) is 112 Å². The van der Waals surface area contributed by atoms with E-state index >= 15 is 0 Å². The Morgan fingerprint density at radius 1 is 0.774 bits per heavy atom. The fraction of sp³-hybridized carbons (Fsp3) is 0.655. The lowest BCUT2D eigenvalue weighted by Gasteiger charge is -2.18. The van der Waals surface area contributed by atoms with E-state index < -0.39 is 0 Å². The highest BCUT2D eigenvalue weighted by Crippen LogP contribution is 2.33. The van der Waals surface area contributed by atoms with E-state index in [1.807, 2.05) is 0 Å². The minimum atomic E-state index is 0.777. The van der Waals surface area contributed by atoms with Crippen molar-refractivity contribution >= 4 is 0 Å². The first kappa shape index (κ1) is 27.3. The van der Waals surface area contributed by atoms with Crippen molar-refractivity contribution in [1.29, 1.82) is 0 Å². The van der Waals surface area contributed by atoms with E-state index in [2.05, 4.69) is 65.8 Å². The van der Waals surface area contributed by atoms with Gasteiger partial charge < -0.3 is 9.47 Å². The van der Waals surface area contributed by atoms with Gasteiger partial charge in [0.15, 0.2) is 0 Å². The number of unbranched alkanes of at least 4 members (excludes halogenated alkanes) is 4. The lowest BCUT2D eigenvalue weighted by Crippen LogP contribution is -2.06. The van der Waals surface area contributed by atoms with Crippen LogP contribution in [0.15, 0.2) is 35.4 Å². The second-order valence-corrected chi connectivity index (χ2v) is 9.01. The zero-order valence-electron chi connectivity index (χ0n) is 21.3. The van der Waals surface area contributed by atoms with Crippen molar-refractivity contribution < 1.29 is 9.47 Å². The maximum Gasteiger partial charge on any atom is 0.126 e. The van der Waals surface area contributed by atoms with Crippen LogP contribution in [0.2, 0.25) is 0 Å². The molecule has 176 valence electrons. The van der Waals surface area contributed by atoms with Gasteiger partial charge in [-0.25, -0.2) is 0 Å². The Morgan fingerprint density at radius 2 is 1.35 bits per heavy atom. The van der Waals surface area contributed by atoms with Crippen LogP contribution < -0.4 is 9.47 Å². The molecule has 2 heteroatoms. The van der Waals surface area contributed by atoms with Crippen molar-refractivity contribution in [3.8, 4) is 11.5 Å². The summed E-state index contributed by atoms with van der Waals surface area (Å²) in [5.41, 5.74) is 5.39. The molecule has 31 heavy (non-hydrogen) atoms. The molecule has 0 saturated heterocycles. The number of rotatable bonds is 17. The zero-order chi connectivity index (χ0) is 22.9. The molecule has 0 radical (unpaired) electrons. The third-order valence-corrected chi connectivity index (χ3v) is 5.55. The highest BCUT2D eigenvalue weighted by Gasteiger charge is 2.13. The summed E-state index contributed by atoms with van der Waals surface area (Å²) in [4.78, 5) is 0. The fourth-order valence-electron chi connectivity index (χ4n) is 3.48. The van der Waals surface area contributed by atoms with Crippen LogP contribution in [0.3, 0.4) is 0 Å². The van der Waals surface area contributed by atoms with Crippen LogP contribution in [-0.4, -0.2) is 13.2 Å². The van der Waals surface area contributed by atoms with E-state index in [1.165, 1.54) is 41.5 Å². The number of hydrogen-bond acceptors (Lipinski definition) is 2. The Hall–Kier alpha value is -1.70. The maximum atomic E-state index is 6.30. The predicted molar refractivity (Wildman–Crippen MR) is 137 cm³/mol. The fourth-order valence-corrected chi connectivity index (χ4v) is 3.48. The Balaban J connectivity index is 3.12. The summed E-state index contributed by atoms with van der Waals surface area (Å²) in [5, 5.41) is 0. The number of hydrogen-bond donors (Lipinski definition) is 0. The summed E-state index contributed by atoms with van der Waals surface area (Å²) in [7, 11) is 0. The Kier molecular flexibility index (Phi) is 14.9. The van der Waals surface area contributed by atoms with Gasteiger partial charge >= 0.3 is 0 Å². The van der Waals surface area contributed by atoms with E-state index in [0.717, 1.165) is 76.1 Å². The number of aryl methyl sites for hydroxylation is 1. The highest BCUT2D eigenvalue weighted by molar-refractivity contribution is 5.49. The normalized spacial score (nSPS) is 11.5. The molecule has 0 fully saturated rings. The molecule has 0 N–H and O–H groups in total. The molecule has 0 amide bonds. The first-order valence-electron chi connectivity index (χ1n) is 12.7. The molecular formula is C29H48O2. The van der Waals surface area contributed by atoms with Crippen LogP contribution in [0.5, 0.6) is 11.5 Å². The third kappa shape index (κ3) is 12.1. The molecule has 0 atom stereocenters. The van der Waals surface area contributed by atoms with Crippen molar-refractivity contribution in [2.75, 3.05) is 13.2 Å². The van der Waals surface area contributed by atoms with Crippen LogP contribution in [0.1, 0.15) is 110 Å². The van der Waals surface area contributed by atoms with Crippen molar-refractivity contribution in [1.82, 2.24) is 0 Å². The molecule has 0 heterocycles. The molecule has 0 aliphatic carbocycles. The molecule has 0 spiro atoms. The molecule has 0 unspecified atom stereocenters. The van der Waals surface area contributed by atoms with Gasteiger partial charge in [0.1, 0.15) is 11.5 Å². The smallest absolute Gasteiger partial charge is 0.126 e. The van der Waals surface area contributed by atoms with Gasteiger partial charge in [0.05, 0.1) is 13.2 Å². The van der Waals surface area contributed by atoms with Crippen LogP contribution >= 0.6 is 0 Å². The summed E-state index contributed by atoms with van der Waals surface area (Å²) in [6, 6.07) is 4.55. The summed E-state index contributed by atoms with van der Waals surface area (Å²) in [6.07, 6.45) is 17.1. The Bertz CT molecular complexity index is 634. The SMILES string of the molecule is CCCCCc1cc(OCCCC)c(C/C=C(\C)CCC=C(C)C)c(OCCCC)c1. The van der Waals surface area contributed by atoms with Crippen LogP contribution in [0.25, 0.3) is 0 Å². The maximum absolute atomic E-state index is 6.30. The van der Waals surface area contributed by atoms with Crippen molar-refractivity contribution in [3.05, 3.63) is 46.6 Å². The summed E-state index contributed by atoms with van der Waals surface area (Å²) >= 11 is 0. The second kappa shape index (κ2) is 16.9. The molecule has 0 aromatic heterocycles.